The molecule has 1 aromatic rings. The molecule has 0 unspecified atom stereocenters. The first-order valence-electron chi connectivity index (χ1n) is 6.24. The van der Waals surface area contributed by atoms with E-state index in [9.17, 15) is 9.59 Å². The fraction of sp³-hybridized carbons (Fsp3) is 0.333. The Bertz CT molecular complexity index is 490. The van der Waals surface area contributed by atoms with Gasteiger partial charge in [0.25, 0.3) is 0 Å². The highest BCUT2D eigenvalue weighted by molar-refractivity contribution is 5.88. The second kappa shape index (κ2) is 6.18. The molecule has 4 nitrogen and oxygen atoms in total. The summed E-state index contributed by atoms with van der Waals surface area (Å²) in [6.45, 7) is 1.91. The van der Waals surface area contributed by atoms with Crippen molar-refractivity contribution in [3.63, 3.8) is 0 Å². The lowest BCUT2D eigenvalue weighted by Crippen LogP contribution is -2.10. The van der Waals surface area contributed by atoms with E-state index in [4.69, 9.17) is 9.47 Å². The predicted molar refractivity (Wildman–Crippen MR) is 69.1 cm³/mol. The van der Waals surface area contributed by atoms with Crippen LogP contribution in [0, 0.1) is 0 Å². The molecule has 2 rings (SSSR count). The zero-order chi connectivity index (χ0) is 13.7. The number of hydrogen-bond acceptors (Lipinski definition) is 4. The molecule has 0 spiro atoms. The van der Waals surface area contributed by atoms with Crippen molar-refractivity contribution in [2.45, 2.75) is 32.5 Å². The number of benzene rings is 1. The molecule has 1 atom stereocenters. The van der Waals surface area contributed by atoms with Crippen molar-refractivity contribution in [1.82, 2.24) is 0 Å². The molecule has 0 bridgehead atoms. The molecule has 0 saturated carbocycles. The Balaban J connectivity index is 1.85. The smallest absolute Gasteiger partial charge is 0.333 e. The van der Waals surface area contributed by atoms with Crippen molar-refractivity contribution < 1.29 is 19.1 Å². The summed E-state index contributed by atoms with van der Waals surface area (Å²) in [5.74, 6) is -0.599. The summed E-state index contributed by atoms with van der Waals surface area (Å²) in [4.78, 5) is 22.7. The van der Waals surface area contributed by atoms with Crippen LogP contribution in [0.25, 0.3) is 0 Å². The van der Waals surface area contributed by atoms with Gasteiger partial charge in [-0.2, -0.15) is 0 Å². The van der Waals surface area contributed by atoms with Crippen molar-refractivity contribution in [2.75, 3.05) is 0 Å². The molecule has 1 heterocycles. The molecule has 19 heavy (non-hydrogen) atoms. The quantitative estimate of drug-likeness (QED) is 0.616. The summed E-state index contributed by atoms with van der Waals surface area (Å²) >= 11 is 0. The van der Waals surface area contributed by atoms with E-state index < -0.39 is 0 Å². The van der Waals surface area contributed by atoms with Gasteiger partial charge in [0.05, 0.1) is 0 Å². The van der Waals surface area contributed by atoms with E-state index in [1.807, 2.05) is 30.3 Å². The van der Waals surface area contributed by atoms with E-state index in [0.29, 0.717) is 18.4 Å². The van der Waals surface area contributed by atoms with Crippen LogP contribution in [-0.2, 0) is 25.7 Å². The van der Waals surface area contributed by atoms with Crippen LogP contribution < -0.4 is 0 Å². The Morgan fingerprint density at radius 3 is 2.79 bits per heavy atom. The summed E-state index contributed by atoms with van der Waals surface area (Å²) in [6.07, 6.45) is 2.39. The van der Waals surface area contributed by atoms with E-state index in [0.717, 1.165) is 5.56 Å². The Labute approximate surface area is 112 Å². The largest absolute Gasteiger partial charge is 0.458 e. The minimum Gasteiger partial charge on any atom is -0.458 e. The average molecular weight is 260 g/mol. The molecule has 1 aromatic carbocycles. The van der Waals surface area contributed by atoms with Gasteiger partial charge in [0, 0.05) is 12.0 Å². The lowest BCUT2D eigenvalue weighted by atomic mass is 10.1. The van der Waals surface area contributed by atoms with Crippen molar-refractivity contribution in [3.8, 4) is 0 Å². The summed E-state index contributed by atoms with van der Waals surface area (Å²) in [7, 11) is 0. The molecule has 1 aliphatic rings. The number of carbonyl (C=O) groups is 2. The maximum Gasteiger partial charge on any atom is 0.333 e. The normalized spacial score (nSPS) is 19.1. The highest BCUT2D eigenvalue weighted by Crippen LogP contribution is 2.16. The molecule has 0 aliphatic carbocycles. The monoisotopic (exact) mass is 260 g/mol. The summed E-state index contributed by atoms with van der Waals surface area (Å²) < 4.78 is 10.2. The molecular formula is C15H16O4. The van der Waals surface area contributed by atoms with E-state index in [1.165, 1.54) is 0 Å². The van der Waals surface area contributed by atoms with Gasteiger partial charge in [-0.3, -0.25) is 4.79 Å². The molecule has 1 aliphatic heterocycles. The fourth-order valence-electron chi connectivity index (χ4n) is 1.85. The Morgan fingerprint density at radius 1 is 1.42 bits per heavy atom. The third-order valence-electron chi connectivity index (χ3n) is 2.89. The van der Waals surface area contributed by atoms with Crippen LogP contribution >= 0.6 is 0 Å². The fourth-order valence-corrected chi connectivity index (χ4v) is 1.85. The van der Waals surface area contributed by atoms with E-state index >= 15 is 0 Å². The van der Waals surface area contributed by atoms with Gasteiger partial charge in [0.15, 0.2) is 0 Å². The van der Waals surface area contributed by atoms with Crippen molar-refractivity contribution in [2.24, 2.45) is 0 Å². The van der Waals surface area contributed by atoms with Crippen LogP contribution in [0.3, 0.4) is 0 Å². The first-order chi connectivity index (χ1) is 9.15. The molecule has 0 radical (unpaired) electrons. The Morgan fingerprint density at radius 2 is 2.16 bits per heavy atom. The van der Waals surface area contributed by atoms with Crippen molar-refractivity contribution in [3.05, 3.63) is 47.5 Å². The van der Waals surface area contributed by atoms with E-state index in [-0.39, 0.29) is 24.6 Å². The number of ether oxygens (including phenoxy) is 2. The molecule has 0 N–H and O–H groups in total. The standard InChI is InChI=1S/C15H16O4/c1-11(9-13-7-8-14(16)19-13)15(17)18-10-12-5-3-2-4-6-12/h2-6,9,13H,7-8,10H2,1H3/b11-9+/t13-/m1/s1. The maximum absolute atomic E-state index is 11.8. The molecule has 1 fully saturated rings. The number of hydrogen-bond donors (Lipinski definition) is 0. The maximum atomic E-state index is 11.8. The molecule has 0 aromatic heterocycles. The first-order valence-corrected chi connectivity index (χ1v) is 6.24. The van der Waals surface area contributed by atoms with Gasteiger partial charge in [-0.05, 0) is 25.0 Å². The van der Waals surface area contributed by atoms with Crippen LogP contribution in [0.2, 0.25) is 0 Å². The predicted octanol–water partition coefficient (Wildman–Crippen LogP) is 2.38. The van der Waals surface area contributed by atoms with Crippen LogP contribution in [0.1, 0.15) is 25.3 Å². The highest BCUT2D eigenvalue weighted by Gasteiger charge is 2.22. The van der Waals surface area contributed by atoms with Crippen LogP contribution in [-0.4, -0.2) is 18.0 Å². The van der Waals surface area contributed by atoms with Gasteiger partial charge in [-0.25, -0.2) is 4.79 Å². The second-order valence-corrected chi connectivity index (χ2v) is 4.48. The molecule has 100 valence electrons. The van der Waals surface area contributed by atoms with Crippen LogP contribution in [0.15, 0.2) is 42.0 Å². The lowest BCUT2D eigenvalue weighted by molar-refractivity contribution is -0.142. The van der Waals surface area contributed by atoms with Crippen LogP contribution in [0.5, 0.6) is 0 Å². The Kier molecular flexibility index (Phi) is 4.34. The summed E-state index contributed by atoms with van der Waals surface area (Å²) in [5, 5.41) is 0. The Hall–Kier alpha value is -2.10. The topological polar surface area (TPSA) is 52.6 Å². The van der Waals surface area contributed by atoms with Gasteiger partial charge in [-0.1, -0.05) is 30.3 Å². The lowest BCUT2D eigenvalue weighted by Gasteiger charge is -2.07. The minimum absolute atomic E-state index is 0.216. The van der Waals surface area contributed by atoms with E-state index in [2.05, 4.69) is 0 Å². The SMILES string of the molecule is C/C(=C\[C@H]1CCC(=O)O1)C(=O)OCc1ccccc1. The second-order valence-electron chi connectivity index (χ2n) is 4.48. The minimum atomic E-state index is -0.383. The zero-order valence-electron chi connectivity index (χ0n) is 10.8. The van der Waals surface area contributed by atoms with Gasteiger partial charge in [0.2, 0.25) is 0 Å². The van der Waals surface area contributed by atoms with Gasteiger partial charge in [-0.15, -0.1) is 0 Å². The third kappa shape index (κ3) is 3.95. The highest BCUT2D eigenvalue weighted by atomic mass is 16.5. The zero-order valence-corrected chi connectivity index (χ0v) is 10.8. The van der Waals surface area contributed by atoms with Gasteiger partial charge >= 0.3 is 11.9 Å². The first kappa shape index (κ1) is 13.3. The molecule has 1 saturated heterocycles. The van der Waals surface area contributed by atoms with Gasteiger partial charge < -0.3 is 9.47 Å². The molecular weight excluding hydrogens is 244 g/mol. The number of carbonyl (C=O) groups excluding carboxylic acids is 2. The number of rotatable bonds is 4. The number of esters is 2. The summed E-state index contributed by atoms with van der Waals surface area (Å²) in [5.41, 5.74) is 1.41. The van der Waals surface area contributed by atoms with E-state index in [1.54, 1.807) is 13.0 Å². The molecule has 4 heteroatoms. The average Bonchev–Trinajstić information content (AvgIpc) is 2.82. The van der Waals surface area contributed by atoms with Crippen LogP contribution in [0.4, 0.5) is 0 Å². The van der Waals surface area contributed by atoms with Crippen molar-refractivity contribution in [1.29, 1.82) is 0 Å². The van der Waals surface area contributed by atoms with Gasteiger partial charge in [0.1, 0.15) is 12.7 Å². The number of cyclic esters (lactones) is 1. The summed E-state index contributed by atoms with van der Waals surface area (Å²) in [6, 6.07) is 9.48. The van der Waals surface area contributed by atoms with Crippen molar-refractivity contribution >= 4 is 11.9 Å². The third-order valence-corrected chi connectivity index (χ3v) is 2.89. The molecule has 0 amide bonds.